The van der Waals surface area contributed by atoms with E-state index < -0.39 is 11.9 Å². The van der Waals surface area contributed by atoms with Gasteiger partial charge in [0.2, 0.25) is 5.91 Å². The van der Waals surface area contributed by atoms with Crippen LogP contribution in [0.2, 0.25) is 0 Å². The number of fused-ring (bicyclic) bond motifs is 1. The molecule has 1 aliphatic heterocycles. The van der Waals surface area contributed by atoms with E-state index in [4.69, 9.17) is 9.72 Å². The minimum atomic E-state index is -0.938. The summed E-state index contributed by atoms with van der Waals surface area (Å²) in [6.45, 7) is 1.42. The van der Waals surface area contributed by atoms with Crippen molar-refractivity contribution in [2.75, 3.05) is 37.0 Å². The van der Waals surface area contributed by atoms with E-state index in [1.807, 2.05) is 49.0 Å². The van der Waals surface area contributed by atoms with Crippen LogP contribution < -0.4 is 14.5 Å². The molecule has 1 aromatic carbocycles. The van der Waals surface area contributed by atoms with E-state index in [1.54, 1.807) is 7.05 Å². The van der Waals surface area contributed by atoms with Gasteiger partial charge >= 0.3 is 5.97 Å². The predicted molar refractivity (Wildman–Crippen MR) is 145 cm³/mol. The summed E-state index contributed by atoms with van der Waals surface area (Å²) in [5.41, 5.74) is 3.61. The van der Waals surface area contributed by atoms with Crippen LogP contribution in [0.1, 0.15) is 38.5 Å². The van der Waals surface area contributed by atoms with E-state index >= 15 is 0 Å². The van der Waals surface area contributed by atoms with Gasteiger partial charge in [0.15, 0.2) is 16.7 Å². The van der Waals surface area contributed by atoms with Crippen molar-refractivity contribution >= 4 is 34.2 Å². The second-order valence-corrected chi connectivity index (χ2v) is 10.8. The molecule has 0 spiro atoms. The number of carboxylic acid groups (broad SMARTS) is 1. The van der Waals surface area contributed by atoms with Crippen molar-refractivity contribution in [3.05, 3.63) is 41.9 Å². The van der Waals surface area contributed by atoms with E-state index in [0.29, 0.717) is 24.1 Å². The minimum absolute atomic E-state index is 0.149. The number of anilines is 2. The first kappa shape index (κ1) is 25.2. The number of aliphatic carboxylic acids is 1. The molecule has 1 fully saturated rings. The number of benzene rings is 1. The number of likely N-dealkylation sites (N-methyl/N-ethyl adjacent to an activating group) is 1. The lowest BCUT2D eigenvalue weighted by Gasteiger charge is -2.26. The summed E-state index contributed by atoms with van der Waals surface area (Å²) in [5.74, 6) is 0.365. The van der Waals surface area contributed by atoms with Gasteiger partial charge in [0.1, 0.15) is 6.61 Å². The fourth-order valence-electron chi connectivity index (χ4n) is 5.38. The molecule has 8 nitrogen and oxygen atoms in total. The number of carboxylic acids is 1. The molecule has 9 heteroatoms. The molecular weight excluding hydrogens is 488 g/mol. The Labute approximate surface area is 220 Å². The number of amides is 1. The minimum Gasteiger partial charge on any atom is -0.488 e. The average Bonchev–Trinajstić information content (AvgIpc) is 3.60. The highest BCUT2D eigenvalue weighted by molar-refractivity contribution is 7.14. The molecule has 3 heterocycles. The van der Waals surface area contributed by atoms with Crippen LogP contribution in [0.25, 0.3) is 22.4 Å². The van der Waals surface area contributed by atoms with Crippen molar-refractivity contribution in [3.8, 4) is 28.1 Å². The van der Waals surface area contributed by atoms with Crippen molar-refractivity contribution in [2.45, 2.75) is 38.5 Å². The van der Waals surface area contributed by atoms with Crippen molar-refractivity contribution in [1.29, 1.82) is 0 Å². The highest BCUT2D eigenvalue weighted by Gasteiger charge is 2.30. The smallest absolute Gasteiger partial charge is 0.304 e. The number of hydrogen-bond donors (Lipinski definition) is 1. The first-order valence-corrected chi connectivity index (χ1v) is 13.7. The van der Waals surface area contributed by atoms with Crippen molar-refractivity contribution in [2.24, 2.45) is 11.8 Å². The zero-order chi connectivity index (χ0) is 25.9. The number of carbonyl (C=O) groups excluding carboxylic acids is 1. The second kappa shape index (κ2) is 10.9. The van der Waals surface area contributed by atoms with Crippen LogP contribution in [0.15, 0.2) is 41.9 Å². The maximum atomic E-state index is 13.4. The van der Waals surface area contributed by atoms with Crippen LogP contribution in [0.4, 0.5) is 10.9 Å². The Bertz CT molecular complexity index is 1290. The van der Waals surface area contributed by atoms with Crippen LogP contribution in [0, 0.1) is 11.8 Å². The Kier molecular flexibility index (Phi) is 7.41. The highest BCUT2D eigenvalue weighted by atomic mass is 32.1. The number of rotatable bonds is 8. The van der Waals surface area contributed by atoms with Gasteiger partial charge in [-0.3, -0.25) is 14.5 Å². The van der Waals surface area contributed by atoms with Crippen LogP contribution in [-0.4, -0.2) is 54.2 Å². The van der Waals surface area contributed by atoms with E-state index in [9.17, 15) is 14.7 Å². The van der Waals surface area contributed by atoms with Crippen LogP contribution in [-0.2, 0) is 9.59 Å². The maximum absolute atomic E-state index is 13.4. The van der Waals surface area contributed by atoms with Gasteiger partial charge in [-0.25, -0.2) is 9.97 Å². The molecular formula is C28H32N4O4S. The fourth-order valence-corrected chi connectivity index (χ4v) is 6.17. The number of hydrogen-bond acceptors (Lipinski definition) is 7. The van der Waals surface area contributed by atoms with Gasteiger partial charge in [0.25, 0.3) is 0 Å². The molecule has 0 saturated heterocycles. The lowest BCUT2D eigenvalue weighted by molar-refractivity contribution is -0.140. The van der Waals surface area contributed by atoms with Gasteiger partial charge in [-0.05, 0) is 24.0 Å². The third-order valence-corrected chi connectivity index (χ3v) is 8.28. The summed E-state index contributed by atoms with van der Waals surface area (Å²) < 4.78 is 5.86. The molecule has 2 aliphatic rings. The molecule has 1 amide bonds. The SMILES string of the molecule is CN1CCOc2cc(-c3ccccc3-c3csc(N(C)C(=O)C(CC(=O)O)CC4CCCC4)n3)cnc21. The summed E-state index contributed by atoms with van der Waals surface area (Å²) in [7, 11) is 3.70. The van der Waals surface area contributed by atoms with E-state index in [0.717, 1.165) is 66.2 Å². The second-order valence-electron chi connectivity index (χ2n) is 9.95. The first-order chi connectivity index (χ1) is 17.9. The molecule has 1 saturated carbocycles. The predicted octanol–water partition coefficient (Wildman–Crippen LogP) is 5.33. The normalized spacial score (nSPS) is 16.2. The number of carbonyl (C=O) groups is 2. The molecule has 37 heavy (non-hydrogen) atoms. The van der Waals surface area contributed by atoms with Gasteiger partial charge in [-0.15, -0.1) is 11.3 Å². The Morgan fingerprint density at radius 3 is 2.76 bits per heavy atom. The van der Waals surface area contributed by atoms with Gasteiger partial charge in [-0.1, -0.05) is 49.9 Å². The summed E-state index contributed by atoms with van der Waals surface area (Å²) in [6.07, 6.45) is 6.79. The fraction of sp³-hybridized carbons (Fsp3) is 0.429. The standard InChI is InChI=1S/C28H32N4O4S/c1-31-11-12-36-24-14-20(16-29-26(24)31)21-9-5-6-10-22(21)23-17-37-28(30-23)32(2)27(35)19(15-25(33)34)13-18-7-3-4-8-18/h5-6,9-10,14,16-19H,3-4,7-8,11-13,15H2,1-2H3,(H,33,34). The van der Waals surface area contributed by atoms with Gasteiger partial charge in [0.05, 0.1) is 18.7 Å². The van der Waals surface area contributed by atoms with Crippen molar-refractivity contribution < 1.29 is 19.4 Å². The molecule has 194 valence electrons. The molecule has 2 aromatic heterocycles. The molecule has 1 atom stereocenters. The van der Waals surface area contributed by atoms with Gasteiger partial charge in [-0.2, -0.15) is 0 Å². The van der Waals surface area contributed by atoms with Crippen molar-refractivity contribution in [1.82, 2.24) is 9.97 Å². The zero-order valence-electron chi connectivity index (χ0n) is 21.2. The number of ether oxygens (including phenoxy) is 1. The molecule has 0 bridgehead atoms. The van der Waals surface area contributed by atoms with E-state index in [1.165, 1.54) is 16.2 Å². The summed E-state index contributed by atoms with van der Waals surface area (Å²) in [4.78, 5) is 37.9. The molecule has 5 rings (SSSR count). The molecule has 1 N–H and O–H groups in total. The quantitative estimate of drug-likeness (QED) is 0.429. The first-order valence-electron chi connectivity index (χ1n) is 12.8. The lowest BCUT2D eigenvalue weighted by Crippen LogP contribution is -2.35. The number of pyridine rings is 1. The molecule has 3 aromatic rings. The topological polar surface area (TPSA) is 95.9 Å². The average molecular weight is 521 g/mol. The molecule has 0 radical (unpaired) electrons. The van der Waals surface area contributed by atoms with E-state index in [2.05, 4.69) is 9.88 Å². The van der Waals surface area contributed by atoms with Crippen LogP contribution in [0.5, 0.6) is 5.75 Å². The van der Waals surface area contributed by atoms with E-state index in [-0.39, 0.29) is 12.3 Å². The third kappa shape index (κ3) is 5.46. The molecule has 1 aliphatic carbocycles. The summed E-state index contributed by atoms with van der Waals surface area (Å²) >= 11 is 1.39. The highest BCUT2D eigenvalue weighted by Crippen LogP contribution is 2.39. The number of thiazole rings is 1. The number of aromatic nitrogens is 2. The monoisotopic (exact) mass is 520 g/mol. The lowest BCUT2D eigenvalue weighted by atomic mass is 9.90. The molecule has 1 unspecified atom stereocenters. The van der Waals surface area contributed by atoms with Crippen molar-refractivity contribution in [3.63, 3.8) is 0 Å². The van der Waals surface area contributed by atoms with Crippen LogP contribution in [0.3, 0.4) is 0 Å². The maximum Gasteiger partial charge on any atom is 0.304 e. The van der Waals surface area contributed by atoms with Crippen LogP contribution >= 0.6 is 11.3 Å². The van der Waals surface area contributed by atoms with Gasteiger partial charge in [0, 0.05) is 42.7 Å². The Morgan fingerprint density at radius 1 is 1.24 bits per heavy atom. The summed E-state index contributed by atoms with van der Waals surface area (Å²) in [5, 5.41) is 11.9. The largest absolute Gasteiger partial charge is 0.488 e. The third-order valence-electron chi connectivity index (χ3n) is 7.37. The van der Waals surface area contributed by atoms with Gasteiger partial charge < -0.3 is 14.7 Å². The Balaban J connectivity index is 1.39. The zero-order valence-corrected chi connectivity index (χ0v) is 22.0. The Hall–Kier alpha value is -3.46. The Morgan fingerprint density at radius 2 is 2.00 bits per heavy atom. The number of nitrogens with zero attached hydrogens (tertiary/aromatic N) is 4. The summed E-state index contributed by atoms with van der Waals surface area (Å²) in [6, 6.07) is 10.00.